The van der Waals surface area contributed by atoms with Gasteiger partial charge >= 0.3 is 0 Å². The van der Waals surface area contributed by atoms with E-state index in [2.05, 4.69) is 4.72 Å². The van der Waals surface area contributed by atoms with Gasteiger partial charge in [0.2, 0.25) is 10.0 Å². The molecule has 1 aromatic rings. The lowest BCUT2D eigenvalue weighted by Crippen LogP contribution is -2.33. The van der Waals surface area contributed by atoms with Crippen molar-refractivity contribution in [3.63, 3.8) is 0 Å². The van der Waals surface area contributed by atoms with Crippen LogP contribution in [0, 0.1) is 0 Å². The summed E-state index contributed by atoms with van der Waals surface area (Å²) in [5.41, 5.74) is 6.10. The number of hydrogen-bond acceptors (Lipinski definition) is 5. The Bertz CT molecular complexity index is 482. The van der Waals surface area contributed by atoms with E-state index in [-0.39, 0.29) is 4.90 Å². The first-order chi connectivity index (χ1) is 8.58. The third-order valence-corrected chi connectivity index (χ3v) is 6.86. The highest BCUT2D eigenvalue weighted by molar-refractivity contribution is 8.06. The Labute approximate surface area is 116 Å². The van der Waals surface area contributed by atoms with E-state index in [9.17, 15) is 8.42 Å². The molecular formula is C11H16N2O2S3. The maximum absolute atomic E-state index is 12.0. The van der Waals surface area contributed by atoms with Gasteiger partial charge in [-0.2, -0.15) is 23.5 Å². The molecule has 1 aromatic carbocycles. The molecule has 100 valence electrons. The molecule has 2 rings (SSSR count). The highest BCUT2D eigenvalue weighted by Crippen LogP contribution is 2.23. The summed E-state index contributed by atoms with van der Waals surface area (Å²) >= 11 is 3.71. The highest BCUT2D eigenvalue weighted by atomic mass is 32.2. The largest absolute Gasteiger partial charge is 0.399 e. The van der Waals surface area contributed by atoms with Crippen molar-refractivity contribution in [1.82, 2.24) is 4.72 Å². The number of thioether (sulfide) groups is 2. The Kier molecular flexibility index (Phi) is 4.83. The molecule has 1 unspecified atom stereocenters. The zero-order valence-electron chi connectivity index (χ0n) is 9.83. The minimum atomic E-state index is -3.40. The van der Waals surface area contributed by atoms with Gasteiger partial charge in [0.25, 0.3) is 0 Å². The molecule has 1 saturated heterocycles. The predicted octanol–water partition coefficient (Wildman–Crippen LogP) is 1.40. The van der Waals surface area contributed by atoms with Crippen LogP contribution >= 0.6 is 23.5 Å². The van der Waals surface area contributed by atoms with E-state index in [0.717, 1.165) is 17.3 Å². The average Bonchev–Trinajstić information content (AvgIpc) is 2.38. The fourth-order valence-corrected chi connectivity index (χ4v) is 5.39. The fourth-order valence-electron chi connectivity index (χ4n) is 1.59. The Morgan fingerprint density at radius 2 is 2.00 bits per heavy atom. The summed E-state index contributed by atoms with van der Waals surface area (Å²) in [5.74, 6) is 3.26. The van der Waals surface area contributed by atoms with Crippen LogP contribution in [-0.4, -0.2) is 37.5 Å². The molecule has 1 atom stereocenters. The van der Waals surface area contributed by atoms with Gasteiger partial charge in [-0.05, 0) is 24.3 Å². The lowest BCUT2D eigenvalue weighted by Gasteiger charge is -2.21. The van der Waals surface area contributed by atoms with E-state index in [1.165, 1.54) is 12.1 Å². The van der Waals surface area contributed by atoms with Gasteiger partial charge in [-0.25, -0.2) is 13.1 Å². The number of rotatable bonds is 4. The zero-order valence-corrected chi connectivity index (χ0v) is 12.3. The first-order valence-electron chi connectivity index (χ1n) is 5.62. The van der Waals surface area contributed by atoms with Gasteiger partial charge in [0, 0.05) is 34.7 Å². The normalized spacial score (nSPS) is 20.8. The van der Waals surface area contributed by atoms with Gasteiger partial charge in [-0.3, -0.25) is 0 Å². The molecule has 7 heteroatoms. The summed E-state index contributed by atoms with van der Waals surface area (Å²) in [7, 11) is -3.40. The van der Waals surface area contributed by atoms with Crippen molar-refractivity contribution in [3.8, 4) is 0 Å². The summed E-state index contributed by atoms with van der Waals surface area (Å²) in [5, 5.41) is 0.368. The number of nitrogens with one attached hydrogen (secondary N) is 1. The van der Waals surface area contributed by atoms with Crippen LogP contribution in [0.1, 0.15) is 0 Å². The van der Waals surface area contributed by atoms with Crippen LogP contribution in [0.3, 0.4) is 0 Å². The van der Waals surface area contributed by atoms with Crippen LogP contribution in [0.5, 0.6) is 0 Å². The van der Waals surface area contributed by atoms with E-state index in [4.69, 9.17) is 5.73 Å². The minimum Gasteiger partial charge on any atom is -0.399 e. The second kappa shape index (κ2) is 6.18. The van der Waals surface area contributed by atoms with Gasteiger partial charge in [0.1, 0.15) is 0 Å². The molecule has 0 radical (unpaired) electrons. The van der Waals surface area contributed by atoms with E-state index in [1.807, 2.05) is 23.5 Å². The van der Waals surface area contributed by atoms with E-state index < -0.39 is 10.0 Å². The monoisotopic (exact) mass is 304 g/mol. The Morgan fingerprint density at radius 3 is 2.61 bits per heavy atom. The molecule has 1 aliphatic heterocycles. The predicted molar refractivity (Wildman–Crippen MR) is 79.6 cm³/mol. The van der Waals surface area contributed by atoms with E-state index in [0.29, 0.717) is 17.5 Å². The molecular weight excluding hydrogens is 288 g/mol. The molecule has 18 heavy (non-hydrogen) atoms. The Balaban J connectivity index is 1.96. The number of sulfonamides is 1. The van der Waals surface area contributed by atoms with Gasteiger partial charge in [0.15, 0.2) is 0 Å². The summed E-state index contributed by atoms with van der Waals surface area (Å²) in [6.45, 7) is 0.490. The van der Waals surface area contributed by atoms with Gasteiger partial charge in [-0.1, -0.05) is 0 Å². The smallest absolute Gasteiger partial charge is 0.240 e. The average molecular weight is 304 g/mol. The molecule has 3 N–H and O–H groups in total. The molecule has 0 spiro atoms. The van der Waals surface area contributed by atoms with Gasteiger partial charge < -0.3 is 5.73 Å². The molecule has 0 aromatic heterocycles. The van der Waals surface area contributed by atoms with Crippen LogP contribution in [0.4, 0.5) is 5.69 Å². The first kappa shape index (κ1) is 14.0. The fraction of sp³-hybridized carbons (Fsp3) is 0.455. The lowest BCUT2D eigenvalue weighted by molar-refractivity contribution is 0.581. The van der Waals surface area contributed by atoms with Crippen molar-refractivity contribution in [3.05, 3.63) is 24.3 Å². The van der Waals surface area contributed by atoms with Gasteiger partial charge in [0.05, 0.1) is 4.90 Å². The van der Waals surface area contributed by atoms with E-state index in [1.54, 1.807) is 12.1 Å². The van der Waals surface area contributed by atoms with Crippen LogP contribution in [0.2, 0.25) is 0 Å². The van der Waals surface area contributed by atoms with Gasteiger partial charge in [-0.15, -0.1) is 0 Å². The summed E-state index contributed by atoms with van der Waals surface area (Å²) in [4.78, 5) is 0.269. The van der Waals surface area contributed by atoms with Crippen molar-refractivity contribution in [2.45, 2.75) is 10.1 Å². The van der Waals surface area contributed by atoms with Crippen LogP contribution in [0.15, 0.2) is 29.2 Å². The standard InChI is InChI=1S/C11H16N2O2S3/c12-9-1-3-11(4-2-9)18(14,15)13-7-10-8-16-5-6-17-10/h1-4,10,13H,5-8,12H2. The molecule has 0 bridgehead atoms. The number of hydrogen-bond donors (Lipinski definition) is 2. The summed E-state index contributed by atoms with van der Waals surface area (Å²) < 4.78 is 26.7. The maximum atomic E-state index is 12.0. The second-order valence-corrected chi connectivity index (χ2v) is 8.31. The number of nitrogens with two attached hydrogens (primary N) is 1. The lowest BCUT2D eigenvalue weighted by atomic mass is 10.3. The minimum absolute atomic E-state index is 0.269. The van der Waals surface area contributed by atoms with Crippen molar-refractivity contribution < 1.29 is 8.42 Å². The zero-order chi connectivity index (χ0) is 13.0. The maximum Gasteiger partial charge on any atom is 0.240 e. The Hall–Kier alpha value is -0.370. The molecule has 1 aliphatic rings. The SMILES string of the molecule is Nc1ccc(S(=O)(=O)NCC2CSCCS2)cc1. The molecule has 0 amide bonds. The topological polar surface area (TPSA) is 72.2 Å². The summed E-state index contributed by atoms with van der Waals surface area (Å²) in [6.07, 6.45) is 0. The highest BCUT2D eigenvalue weighted by Gasteiger charge is 2.19. The van der Waals surface area contributed by atoms with Crippen molar-refractivity contribution in [2.75, 3.05) is 29.5 Å². The van der Waals surface area contributed by atoms with E-state index >= 15 is 0 Å². The Morgan fingerprint density at radius 1 is 1.28 bits per heavy atom. The molecule has 1 fully saturated rings. The van der Waals surface area contributed by atoms with Crippen molar-refractivity contribution in [1.29, 1.82) is 0 Å². The van der Waals surface area contributed by atoms with Crippen LogP contribution in [-0.2, 0) is 10.0 Å². The molecule has 0 aliphatic carbocycles. The first-order valence-corrected chi connectivity index (χ1v) is 9.31. The number of nitrogen functional groups attached to an aromatic ring is 1. The molecule has 1 heterocycles. The quantitative estimate of drug-likeness (QED) is 0.823. The second-order valence-electron chi connectivity index (χ2n) is 3.99. The third kappa shape index (κ3) is 3.81. The third-order valence-electron chi connectivity index (χ3n) is 2.58. The molecule has 4 nitrogen and oxygen atoms in total. The van der Waals surface area contributed by atoms with Crippen LogP contribution in [0.25, 0.3) is 0 Å². The van der Waals surface area contributed by atoms with Crippen molar-refractivity contribution in [2.24, 2.45) is 0 Å². The van der Waals surface area contributed by atoms with Crippen LogP contribution < -0.4 is 10.5 Å². The number of anilines is 1. The summed E-state index contributed by atoms with van der Waals surface area (Å²) in [6, 6.07) is 6.25. The van der Waals surface area contributed by atoms with Crippen molar-refractivity contribution >= 4 is 39.2 Å². The molecule has 0 saturated carbocycles. The number of benzene rings is 1.